The van der Waals surface area contributed by atoms with Gasteiger partial charge in [-0.3, -0.25) is 4.98 Å². The van der Waals surface area contributed by atoms with Crippen molar-refractivity contribution in [2.75, 3.05) is 0 Å². The van der Waals surface area contributed by atoms with E-state index in [-0.39, 0.29) is 16.5 Å². The highest BCUT2D eigenvalue weighted by molar-refractivity contribution is 7.89. The molecule has 5 nitrogen and oxygen atoms in total. The molecule has 8 heteroatoms. The number of aromatic nitrogens is 2. The number of pyridine rings is 1. The Morgan fingerprint density at radius 2 is 1.87 bits per heavy atom. The van der Waals surface area contributed by atoms with Crippen molar-refractivity contribution < 1.29 is 8.42 Å². The molecule has 0 fully saturated rings. The minimum atomic E-state index is -3.67. The topological polar surface area (TPSA) is 72.0 Å². The van der Waals surface area contributed by atoms with E-state index < -0.39 is 10.0 Å². The van der Waals surface area contributed by atoms with Gasteiger partial charge in [-0.15, -0.1) is 11.3 Å². The number of hydrogen-bond donors (Lipinski definition) is 1. The van der Waals surface area contributed by atoms with Gasteiger partial charge in [0.1, 0.15) is 9.90 Å². The summed E-state index contributed by atoms with van der Waals surface area (Å²) in [5.41, 5.74) is 1.74. The van der Waals surface area contributed by atoms with Crippen LogP contribution < -0.4 is 4.72 Å². The van der Waals surface area contributed by atoms with Gasteiger partial charge in [0.2, 0.25) is 10.0 Å². The molecule has 3 aromatic rings. The smallest absolute Gasteiger partial charge is 0.242 e. The molecule has 0 aliphatic carbocycles. The average molecular weight is 366 g/mol. The van der Waals surface area contributed by atoms with Crippen LogP contribution in [0.25, 0.3) is 11.3 Å². The minimum Gasteiger partial charge on any atom is -0.265 e. The highest BCUT2D eigenvalue weighted by atomic mass is 35.5. The number of halogens is 1. The van der Waals surface area contributed by atoms with Crippen molar-refractivity contribution in [2.45, 2.75) is 11.4 Å². The molecule has 0 radical (unpaired) electrons. The van der Waals surface area contributed by atoms with E-state index in [0.29, 0.717) is 5.01 Å². The van der Waals surface area contributed by atoms with E-state index in [0.717, 1.165) is 11.3 Å². The summed E-state index contributed by atoms with van der Waals surface area (Å²) in [5, 5.41) is 2.75. The molecule has 0 spiro atoms. The maximum Gasteiger partial charge on any atom is 0.242 e. The summed E-state index contributed by atoms with van der Waals surface area (Å²) < 4.78 is 27.1. The number of hydrogen-bond acceptors (Lipinski definition) is 5. The van der Waals surface area contributed by atoms with Crippen LogP contribution in [0.15, 0.2) is 59.1 Å². The van der Waals surface area contributed by atoms with Crippen molar-refractivity contribution in [1.29, 1.82) is 0 Å². The van der Waals surface area contributed by atoms with Crippen LogP contribution in [0.1, 0.15) is 5.01 Å². The maximum atomic E-state index is 12.3. The molecule has 0 amide bonds. The molecule has 0 atom stereocenters. The first-order valence-corrected chi connectivity index (χ1v) is 9.39. The van der Waals surface area contributed by atoms with E-state index in [1.807, 2.05) is 17.5 Å². The summed E-state index contributed by atoms with van der Waals surface area (Å²) in [6.45, 7) is 0.114. The number of sulfonamides is 1. The molecule has 1 N–H and O–H groups in total. The fourth-order valence-electron chi connectivity index (χ4n) is 1.94. The summed E-state index contributed by atoms with van der Waals surface area (Å²) >= 11 is 7.33. The largest absolute Gasteiger partial charge is 0.265 e. The SMILES string of the molecule is O=S(=O)(NCc1nc(-c2ccncc2)cs1)c1ccccc1Cl. The predicted molar refractivity (Wildman–Crippen MR) is 90.8 cm³/mol. The van der Waals surface area contributed by atoms with Crippen molar-refractivity contribution in [1.82, 2.24) is 14.7 Å². The van der Waals surface area contributed by atoms with E-state index in [1.54, 1.807) is 30.6 Å². The van der Waals surface area contributed by atoms with Crippen molar-refractivity contribution in [3.8, 4) is 11.3 Å². The Bertz CT molecular complexity index is 911. The van der Waals surface area contributed by atoms with Crippen molar-refractivity contribution >= 4 is 33.0 Å². The summed E-state index contributed by atoms with van der Waals surface area (Å²) in [4.78, 5) is 8.45. The molecule has 1 aromatic carbocycles. The van der Waals surface area contributed by atoms with E-state index in [2.05, 4.69) is 14.7 Å². The van der Waals surface area contributed by atoms with Gasteiger partial charge < -0.3 is 0 Å². The molecular formula is C15H12ClN3O2S2. The second kappa shape index (κ2) is 6.76. The van der Waals surface area contributed by atoms with Crippen LogP contribution in [0.2, 0.25) is 5.02 Å². The summed E-state index contributed by atoms with van der Waals surface area (Å²) in [7, 11) is -3.67. The highest BCUT2D eigenvalue weighted by Gasteiger charge is 2.17. The monoisotopic (exact) mass is 365 g/mol. The van der Waals surface area contributed by atoms with Crippen molar-refractivity contribution in [3.05, 3.63) is 64.2 Å². The molecule has 23 heavy (non-hydrogen) atoms. The van der Waals surface area contributed by atoms with Gasteiger partial charge in [-0.05, 0) is 24.3 Å². The molecule has 0 unspecified atom stereocenters. The van der Waals surface area contributed by atoms with Crippen LogP contribution in [0.5, 0.6) is 0 Å². The zero-order valence-corrected chi connectivity index (χ0v) is 14.2. The second-order valence-electron chi connectivity index (χ2n) is 4.62. The number of nitrogens with zero attached hydrogens (tertiary/aromatic N) is 2. The highest BCUT2D eigenvalue weighted by Crippen LogP contribution is 2.23. The third-order valence-electron chi connectivity index (χ3n) is 3.07. The molecule has 0 saturated heterocycles. The van der Waals surface area contributed by atoms with Gasteiger partial charge in [0, 0.05) is 23.3 Å². The minimum absolute atomic E-state index is 0.0626. The van der Waals surface area contributed by atoms with Crippen LogP contribution in [-0.2, 0) is 16.6 Å². The Hall–Kier alpha value is -1.80. The maximum absolute atomic E-state index is 12.3. The summed E-state index contributed by atoms with van der Waals surface area (Å²) in [6, 6.07) is 10.0. The molecule has 3 rings (SSSR count). The Labute approximate surface area is 143 Å². The van der Waals surface area contributed by atoms with Gasteiger partial charge in [-0.1, -0.05) is 23.7 Å². The first kappa shape index (κ1) is 16.1. The van der Waals surface area contributed by atoms with Gasteiger partial charge in [0.05, 0.1) is 17.3 Å². The molecule has 0 aliphatic rings. The van der Waals surface area contributed by atoms with Crippen LogP contribution in [-0.4, -0.2) is 18.4 Å². The third kappa shape index (κ3) is 3.76. The zero-order chi connectivity index (χ0) is 16.3. The molecule has 0 aliphatic heterocycles. The van der Waals surface area contributed by atoms with E-state index in [9.17, 15) is 8.42 Å². The number of nitrogens with one attached hydrogen (secondary N) is 1. The lowest BCUT2D eigenvalue weighted by Crippen LogP contribution is -2.23. The molecule has 2 aromatic heterocycles. The van der Waals surface area contributed by atoms with Crippen molar-refractivity contribution in [3.63, 3.8) is 0 Å². The molecule has 2 heterocycles. The Balaban J connectivity index is 1.74. The predicted octanol–water partition coefficient (Wildman–Crippen LogP) is 3.34. The Kier molecular flexibility index (Phi) is 4.72. The fraction of sp³-hybridized carbons (Fsp3) is 0.0667. The molecular weight excluding hydrogens is 354 g/mol. The summed E-state index contributed by atoms with van der Waals surface area (Å²) in [5.74, 6) is 0. The van der Waals surface area contributed by atoms with Gasteiger partial charge in [0.15, 0.2) is 0 Å². The first-order valence-electron chi connectivity index (χ1n) is 6.65. The number of rotatable bonds is 5. The fourth-order valence-corrected chi connectivity index (χ4v) is 4.28. The lowest BCUT2D eigenvalue weighted by Gasteiger charge is -2.06. The van der Waals surface area contributed by atoms with Gasteiger partial charge in [0.25, 0.3) is 0 Å². The first-order chi connectivity index (χ1) is 11.1. The van der Waals surface area contributed by atoms with Gasteiger partial charge in [-0.25, -0.2) is 18.1 Å². The standard InChI is InChI=1S/C15H12ClN3O2S2/c16-12-3-1-2-4-14(12)23(20,21)18-9-15-19-13(10-22-15)11-5-7-17-8-6-11/h1-8,10,18H,9H2. The Morgan fingerprint density at radius 3 is 2.61 bits per heavy atom. The average Bonchev–Trinajstić information content (AvgIpc) is 3.03. The summed E-state index contributed by atoms with van der Waals surface area (Å²) in [6.07, 6.45) is 3.38. The van der Waals surface area contributed by atoms with E-state index >= 15 is 0 Å². The lowest BCUT2D eigenvalue weighted by atomic mass is 10.2. The molecule has 0 saturated carbocycles. The van der Waals surface area contributed by atoms with Crippen LogP contribution >= 0.6 is 22.9 Å². The van der Waals surface area contributed by atoms with E-state index in [4.69, 9.17) is 11.6 Å². The van der Waals surface area contributed by atoms with Crippen molar-refractivity contribution in [2.24, 2.45) is 0 Å². The third-order valence-corrected chi connectivity index (χ3v) is 5.82. The quantitative estimate of drug-likeness (QED) is 0.752. The van der Waals surface area contributed by atoms with E-state index in [1.165, 1.54) is 17.4 Å². The van der Waals surface area contributed by atoms with Crippen LogP contribution in [0.4, 0.5) is 0 Å². The Morgan fingerprint density at radius 1 is 1.13 bits per heavy atom. The van der Waals surface area contributed by atoms with Gasteiger partial charge in [-0.2, -0.15) is 0 Å². The lowest BCUT2D eigenvalue weighted by molar-refractivity contribution is 0.581. The number of benzene rings is 1. The van der Waals surface area contributed by atoms with Crippen LogP contribution in [0, 0.1) is 0 Å². The van der Waals surface area contributed by atoms with Crippen LogP contribution in [0.3, 0.4) is 0 Å². The normalized spacial score (nSPS) is 11.5. The second-order valence-corrected chi connectivity index (χ2v) is 7.70. The van der Waals surface area contributed by atoms with Gasteiger partial charge >= 0.3 is 0 Å². The number of thiazole rings is 1. The molecule has 118 valence electrons. The zero-order valence-electron chi connectivity index (χ0n) is 11.8. The molecule has 0 bridgehead atoms.